The van der Waals surface area contributed by atoms with E-state index in [0.717, 1.165) is 0 Å². The lowest BCUT2D eigenvalue weighted by atomic mass is 9.79. The molecule has 0 unspecified atom stereocenters. The summed E-state index contributed by atoms with van der Waals surface area (Å²) in [4.78, 5) is 0. The molecule has 0 fully saturated rings. The zero-order valence-electron chi connectivity index (χ0n) is 14.4. The van der Waals surface area contributed by atoms with Gasteiger partial charge in [0.15, 0.2) is 11.5 Å². The van der Waals surface area contributed by atoms with Gasteiger partial charge in [-0.1, -0.05) is 0 Å². The van der Waals surface area contributed by atoms with Gasteiger partial charge >= 0.3 is 23.7 Å². The van der Waals surface area contributed by atoms with Gasteiger partial charge in [0.2, 0.25) is 5.75 Å². The second-order valence-electron chi connectivity index (χ2n) is 5.55. The van der Waals surface area contributed by atoms with Crippen LogP contribution in [0.15, 0.2) is 6.07 Å². The van der Waals surface area contributed by atoms with Crippen molar-refractivity contribution in [3.05, 3.63) is 17.2 Å². The predicted octanol–water partition coefficient (Wildman–Crippen LogP) is 5.35. The van der Waals surface area contributed by atoms with Crippen molar-refractivity contribution in [3.63, 3.8) is 0 Å². The van der Waals surface area contributed by atoms with Crippen LogP contribution in [-0.2, 0) is 11.8 Å². The van der Waals surface area contributed by atoms with Gasteiger partial charge < -0.3 is 14.2 Å². The molecule has 154 valence electrons. The molecule has 0 saturated heterocycles. The molecule has 0 bridgehead atoms. The summed E-state index contributed by atoms with van der Waals surface area (Å²) in [5, 5.41) is 0. The monoisotopic (exact) mass is 408 g/mol. The van der Waals surface area contributed by atoms with E-state index < -0.39 is 58.7 Å². The number of hydrogen-bond donors (Lipinski definition) is 0. The Morgan fingerprint density at radius 2 is 1.11 bits per heavy atom. The molecule has 3 nitrogen and oxygen atoms in total. The lowest BCUT2D eigenvalue weighted by Crippen LogP contribution is -2.64. The fourth-order valence-electron chi connectivity index (χ4n) is 2.72. The molecule has 0 atom stereocenters. The Hall–Kier alpha value is -1.94. The molecule has 11 heteroatoms. The van der Waals surface area contributed by atoms with Crippen LogP contribution in [-0.4, -0.2) is 31.7 Å². The van der Waals surface area contributed by atoms with E-state index in [1.807, 2.05) is 0 Å². The number of hydrogen-bond acceptors (Lipinski definition) is 3. The van der Waals surface area contributed by atoms with Crippen LogP contribution in [0, 0.1) is 0 Å². The first kappa shape index (κ1) is 21.4. The third-order valence-electron chi connectivity index (χ3n) is 3.91. The molecule has 1 aliphatic rings. The van der Waals surface area contributed by atoms with Gasteiger partial charge in [-0.05, 0) is 26.8 Å². The molecule has 0 aromatic heterocycles. The standard InChI is InChI=1S/C16H16F8O3/c1-4-25-9-7-8-10(12(27-6-3)11(9)26-5-2)14(19,20)16(23,24)15(21,22)13(8,17)18/h7H,4-6H2,1-3H3. The highest BCUT2D eigenvalue weighted by molar-refractivity contribution is 5.64. The first-order valence-electron chi connectivity index (χ1n) is 7.94. The average Bonchev–Trinajstić information content (AvgIpc) is 2.56. The SMILES string of the molecule is CCOc1cc2c(c(OCC)c1OCC)C(F)(F)C(F)(F)C(F)(F)C2(F)F. The van der Waals surface area contributed by atoms with E-state index in [0.29, 0.717) is 0 Å². The Kier molecular flexibility index (Phi) is 5.21. The largest absolute Gasteiger partial charge is 0.490 e. The molecular weight excluding hydrogens is 392 g/mol. The summed E-state index contributed by atoms with van der Waals surface area (Å²) in [6, 6.07) is 0.170. The molecule has 1 aromatic carbocycles. The van der Waals surface area contributed by atoms with Crippen LogP contribution in [0.1, 0.15) is 31.9 Å². The number of halogens is 8. The van der Waals surface area contributed by atoms with Crippen LogP contribution in [0.2, 0.25) is 0 Å². The molecule has 0 saturated carbocycles. The fraction of sp³-hybridized carbons (Fsp3) is 0.625. The zero-order valence-corrected chi connectivity index (χ0v) is 14.4. The van der Waals surface area contributed by atoms with Crippen LogP contribution >= 0.6 is 0 Å². The van der Waals surface area contributed by atoms with E-state index in [1.54, 1.807) is 0 Å². The van der Waals surface area contributed by atoms with Crippen LogP contribution < -0.4 is 14.2 Å². The Labute approximate surface area is 149 Å². The molecule has 0 N–H and O–H groups in total. The average molecular weight is 408 g/mol. The lowest BCUT2D eigenvalue weighted by molar-refractivity contribution is -0.386. The molecule has 0 radical (unpaired) electrons. The minimum Gasteiger partial charge on any atom is -0.490 e. The van der Waals surface area contributed by atoms with E-state index in [1.165, 1.54) is 20.8 Å². The molecule has 0 aliphatic heterocycles. The van der Waals surface area contributed by atoms with Gasteiger partial charge in [0.1, 0.15) is 0 Å². The van der Waals surface area contributed by atoms with Crippen molar-refractivity contribution in [1.29, 1.82) is 0 Å². The van der Waals surface area contributed by atoms with Crippen molar-refractivity contribution >= 4 is 0 Å². The number of fused-ring (bicyclic) bond motifs is 1. The van der Waals surface area contributed by atoms with E-state index in [2.05, 4.69) is 0 Å². The quantitative estimate of drug-likeness (QED) is 0.594. The second-order valence-corrected chi connectivity index (χ2v) is 5.55. The summed E-state index contributed by atoms with van der Waals surface area (Å²) in [7, 11) is 0. The Bertz CT molecular complexity index is 718. The minimum absolute atomic E-state index is 0.168. The highest BCUT2D eigenvalue weighted by Gasteiger charge is 2.86. The minimum atomic E-state index is -6.38. The maximum Gasteiger partial charge on any atom is 0.383 e. The van der Waals surface area contributed by atoms with Gasteiger partial charge in [-0.25, -0.2) is 0 Å². The predicted molar refractivity (Wildman–Crippen MR) is 77.6 cm³/mol. The van der Waals surface area contributed by atoms with E-state index in [4.69, 9.17) is 14.2 Å². The van der Waals surface area contributed by atoms with E-state index in [-0.39, 0.29) is 19.3 Å². The molecule has 0 heterocycles. The summed E-state index contributed by atoms with van der Waals surface area (Å²) >= 11 is 0. The maximum absolute atomic E-state index is 14.4. The highest BCUT2D eigenvalue weighted by atomic mass is 19.4. The Morgan fingerprint density at radius 3 is 1.59 bits per heavy atom. The van der Waals surface area contributed by atoms with Crippen molar-refractivity contribution in [2.24, 2.45) is 0 Å². The van der Waals surface area contributed by atoms with Crippen LogP contribution in [0.25, 0.3) is 0 Å². The van der Waals surface area contributed by atoms with E-state index in [9.17, 15) is 35.1 Å². The van der Waals surface area contributed by atoms with Gasteiger partial charge in [-0.15, -0.1) is 0 Å². The number of ether oxygens (including phenoxy) is 3. The Morgan fingerprint density at radius 1 is 0.667 bits per heavy atom. The first-order valence-corrected chi connectivity index (χ1v) is 7.94. The molecule has 1 aromatic rings. The summed E-state index contributed by atoms with van der Waals surface area (Å²) < 4.78 is 127. The van der Waals surface area contributed by atoms with Gasteiger partial charge in [0, 0.05) is 5.56 Å². The zero-order chi connectivity index (χ0) is 20.8. The van der Waals surface area contributed by atoms with E-state index >= 15 is 0 Å². The van der Waals surface area contributed by atoms with Crippen molar-refractivity contribution < 1.29 is 49.3 Å². The fourth-order valence-corrected chi connectivity index (χ4v) is 2.72. The summed E-state index contributed by atoms with van der Waals surface area (Å²) in [5.41, 5.74) is -4.05. The third-order valence-corrected chi connectivity index (χ3v) is 3.91. The van der Waals surface area contributed by atoms with Gasteiger partial charge in [-0.3, -0.25) is 0 Å². The van der Waals surface area contributed by atoms with Crippen LogP contribution in [0.3, 0.4) is 0 Å². The smallest absolute Gasteiger partial charge is 0.383 e. The first-order chi connectivity index (χ1) is 12.3. The van der Waals surface area contributed by atoms with Crippen molar-refractivity contribution in [3.8, 4) is 17.2 Å². The number of rotatable bonds is 6. The van der Waals surface area contributed by atoms with Gasteiger partial charge in [0.05, 0.1) is 25.4 Å². The van der Waals surface area contributed by atoms with Crippen LogP contribution in [0.4, 0.5) is 35.1 Å². The van der Waals surface area contributed by atoms with Crippen molar-refractivity contribution in [2.75, 3.05) is 19.8 Å². The van der Waals surface area contributed by atoms with Crippen molar-refractivity contribution in [2.45, 2.75) is 44.5 Å². The van der Waals surface area contributed by atoms with Crippen molar-refractivity contribution in [1.82, 2.24) is 0 Å². The number of benzene rings is 1. The normalized spacial score (nSPS) is 21.3. The Balaban J connectivity index is 3.01. The molecule has 1 aliphatic carbocycles. The number of alkyl halides is 8. The lowest BCUT2D eigenvalue weighted by Gasteiger charge is -2.43. The highest BCUT2D eigenvalue weighted by Crippen LogP contribution is 2.67. The maximum atomic E-state index is 14.4. The van der Waals surface area contributed by atoms with Crippen LogP contribution in [0.5, 0.6) is 17.2 Å². The molecule has 0 amide bonds. The molecule has 0 spiro atoms. The summed E-state index contributed by atoms with van der Waals surface area (Å²) in [6.45, 7) is 3.31. The van der Waals surface area contributed by atoms with Gasteiger partial charge in [0.25, 0.3) is 0 Å². The topological polar surface area (TPSA) is 27.7 Å². The third kappa shape index (κ3) is 2.68. The van der Waals surface area contributed by atoms with Gasteiger partial charge in [-0.2, -0.15) is 35.1 Å². The summed E-state index contributed by atoms with van der Waals surface area (Å²) in [5.74, 6) is -26.4. The summed E-state index contributed by atoms with van der Waals surface area (Å²) in [6.07, 6.45) is 0. The molecule has 2 rings (SSSR count). The molecular formula is C16H16F8O3. The molecule has 27 heavy (non-hydrogen) atoms. The second kappa shape index (κ2) is 6.59.